The smallest absolute Gasteiger partial charge is 0.227 e. The van der Waals surface area contributed by atoms with E-state index in [9.17, 15) is 4.79 Å². The van der Waals surface area contributed by atoms with E-state index in [1.165, 1.54) is 0 Å². The first-order valence-corrected chi connectivity index (χ1v) is 6.80. The molecule has 19 heavy (non-hydrogen) atoms. The largest absolute Gasteiger partial charge is 0.491 e. The number of hydrogen-bond acceptors (Lipinski definition) is 3. The molecule has 1 aromatic carbocycles. The van der Waals surface area contributed by atoms with Crippen LogP contribution in [0.15, 0.2) is 24.3 Å². The van der Waals surface area contributed by atoms with Gasteiger partial charge in [0.1, 0.15) is 5.75 Å². The first kappa shape index (κ1) is 15.5. The Morgan fingerprint density at radius 1 is 1.26 bits per heavy atom. The SMILES string of the molecule is CC(C)Oc1ccc(NC(=O)C(C)CCCN)cc1. The van der Waals surface area contributed by atoms with E-state index in [2.05, 4.69) is 5.32 Å². The highest BCUT2D eigenvalue weighted by molar-refractivity contribution is 5.92. The second kappa shape index (κ2) is 7.79. The summed E-state index contributed by atoms with van der Waals surface area (Å²) >= 11 is 0. The molecule has 1 atom stereocenters. The number of benzene rings is 1. The van der Waals surface area contributed by atoms with Gasteiger partial charge in [-0.2, -0.15) is 0 Å². The lowest BCUT2D eigenvalue weighted by atomic mass is 10.0. The predicted octanol–water partition coefficient (Wildman–Crippen LogP) is 2.79. The van der Waals surface area contributed by atoms with Crippen molar-refractivity contribution in [3.63, 3.8) is 0 Å². The Hall–Kier alpha value is -1.55. The maximum atomic E-state index is 11.9. The van der Waals surface area contributed by atoms with Gasteiger partial charge in [0.2, 0.25) is 5.91 Å². The topological polar surface area (TPSA) is 64.3 Å². The van der Waals surface area contributed by atoms with Crippen molar-refractivity contribution >= 4 is 11.6 Å². The summed E-state index contributed by atoms with van der Waals surface area (Å²) in [7, 11) is 0. The number of carbonyl (C=O) groups excluding carboxylic acids is 1. The van der Waals surface area contributed by atoms with E-state index in [1.54, 1.807) is 0 Å². The molecule has 1 rings (SSSR count). The van der Waals surface area contributed by atoms with Gasteiger partial charge in [-0.3, -0.25) is 4.79 Å². The Kier molecular flexibility index (Phi) is 6.36. The van der Waals surface area contributed by atoms with E-state index < -0.39 is 0 Å². The Labute approximate surface area is 115 Å². The van der Waals surface area contributed by atoms with Gasteiger partial charge in [-0.25, -0.2) is 0 Å². The number of anilines is 1. The van der Waals surface area contributed by atoms with Gasteiger partial charge in [0.15, 0.2) is 0 Å². The molecule has 1 aromatic rings. The van der Waals surface area contributed by atoms with Crippen molar-refractivity contribution in [2.75, 3.05) is 11.9 Å². The molecule has 4 heteroatoms. The Bertz CT molecular complexity index is 388. The standard InChI is InChI=1S/C15H24N2O2/c1-11(2)19-14-8-6-13(7-9-14)17-15(18)12(3)5-4-10-16/h6-9,11-12H,4-5,10,16H2,1-3H3,(H,17,18). The maximum Gasteiger partial charge on any atom is 0.227 e. The number of hydrogen-bond donors (Lipinski definition) is 2. The van der Waals surface area contributed by atoms with Crippen LogP contribution in [0.3, 0.4) is 0 Å². The van der Waals surface area contributed by atoms with Crippen LogP contribution in [0, 0.1) is 5.92 Å². The molecule has 0 saturated carbocycles. The Balaban J connectivity index is 2.50. The minimum atomic E-state index is -0.0184. The van der Waals surface area contributed by atoms with Gasteiger partial charge in [-0.1, -0.05) is 6.92 Å². The molecule has 0 spiro atoms. The van der Waals surface area contributed by atoms with E-state index >= 15 is 0 Å². The molecule has 0 bridgehead atoms. The second-order valence-corrected chi connectivity index (χ2v) is 5.01. The third-order valence-corrected chi connectivity index (χ3v) is 2.78. The summed E-state index contributed by atoms with van der Waals surface area (Å²) in [6.07, 6.45) is 1.84. The van der Waals surface area contributed by atoms with Crippen LogP contribution in [0.4, 0.5) is 5.69 Å². The van der Waals surface area contributed by atoms with E-state index in [4.69, 9.17) is 10.5 Å². The molecule has 106 valence electrons. The number of amides is 1. The van der Waals surface area contributed by atoms with Crippen LogP contribution in [0.1, 0.15) is 33.6 Å². The quantitative estimate of drug-likeness (QED) is 0.796. The molecular weight excluding hydrogens is 240 g/mol. The lowest BCUT2D eigenvalue weighted by molar-refractivity contribution is -0.119. The lowest BCUT2D eigenvalue weighted by Crippen LogP contribution is -2.21. The van der Waals surface area contributed by atoms with E-state index in [1.807, 2.05) is 45.0 Å². The minimum Gasteiger partial charge on any atom is -0.491 e. The molecule has 0 aliphatic heterocycles. The number of carbonyl (C=O) groups is 1. The zero-order valence-corrected chi connectivity index (χ0v) is 12.0. The lowest BCUT2D eigenvalue weighted by Gasteiger charge is -2.13. The molecule has 1 unspecified atom stereocenters. The van der Waals surface area contributed by atoms with Gasteiger partial charge in [0, 0.05) is 11.6 Å². The Morgan fingerprint density at radius 2 is 1.89 bits per heavy atom. The molecule has 0 fully saturated rings. The highest BCUT2D eigenvalue weighted by Crippen LogP contribution is 2.18. The fourth-order valence-electron chi connectivity index (χ4n) is 1.71. The summed E-state index contributed by atoms with van der Waals surface area (Å²) in [5.74, 6) is 0.824. The molecule has 0 aliphatic carbocycles. The molecule has 0 heterocycles. The van der Waals surface area contributed by atoms with E-state index in [0.717, 1.165) is 24.3 Å². The Morgan fingerprint density at radius 3 is 2.42 bits per heavy atom. The van der Waals surface area contributed by atoms with Gasteiger partial charge in [-0.05, 0) is 57.5 Å². The molecule has 0 aromatic heterocycles. The van der Waals surface area contributed by atoms with Crippen molar-refractivity contribution in [2.24, 2.45) is 11.7 Å². The van der Waals surface area contributed by atoms with Crippen molar-refractivity contribution in [3.8, 4) is 5.75 Å². The fraction of sp³-hybridized carbons (Fsp3) is 0.533. The van der Waals surface area contributed by atoms with Crippen molar-refractivity contribution < 1.29 is 9.53 Å². The van der Waals surface area contributed by atoms with Crippen LogP contribution < -0.4 is 15.8 Å². The first-order valence-electron chi connectivity index (χ1n) is 6.80. The number of ether oxygens (including phenoxy) is 1. The van der Waals surface area contributed by atoms with Crippen molar-refractivity contribution in [2.45, 2.75) is 39.7 Å². The van der Waals surface area contributed by atoms with Crippen LogP contribution in [0.5, 0.6) is 5.75 Å². The minimum absolute atomic E-state index is 0.0184. The van der Waals surface area contributed by atoms with E-state index in [-0.39, 0.29) is 17.9 Å². The monoisotopic (exact) mass is 264 g/mol. The molecule has 3 N–H and O–H groups in total. The molecular formula is C15H24N2O2. The number of rotatable bonds is 7. The summed E-state index contributed by atoms with van der Waals surface area (Å²) in [5.41, 5.74) is 6.23. The first-order chi connectivity index (χ1) is 9.02. The van der Waals surface area contributed by atoms with Crippen molar-refractivity contribution in [1.29, 1.82) is 0 Å². The van der Waals surface area contributed by atoms with E-state index in [0.29, 0.717) is 6.54 Å². The van der Waals surface area contributed by atoms with Crippen LogP contribution in [-0.4, -0.2) is 18.6 Å². The average Bonchev–Trinajstić information content (AvgIpc) is 2.37. The third-order valence-electron chi connectivity index (χ3n) is 2.78. The van der Waals surface area contributed by atoms with Crippen LogP contribution in [0.2, 0.25) is 0 Å². The predicted molar refractivity (Wildman–Crippen MR) is 78.3 cm³/mol. The summed E-state index contributed by atoms with van der Waals surface area (Å²) in [6.45, 7) is 6.50. The molecule has 0 aliphatic rings. The number of nitrogens with one attached hydrogen (secondary N) is 1. The molecule has 0 saturated heterocycles. The summed E-state index contributed by atoms with van der Waals surface area (Å²) < 4.78 is 5.55. The molecule has 1 amide bonds. The van der Waals surface area contributed by atoms with Gasteiger partial charge in [0.25, 0.3) is 0 Å². The zero-order valence-electron chi connectivity index (χ0n) is 12.0. The zero-order chi connectivity index (χ0) is 14.3. The summed E-state index contributed by atoms with van der Waals surface area (Å²) in [5, 5.41) is 2.90. The normalized spacial score (nSPS) is 12.3. The van der Waals surface area contributed by atoms with Gasteiger partial charge < -0.3 is 15.8 Å². The third kappa shape index (κ3) is 5.75. The second-order valence-electron chi connectivity index (χ2n) is 5.01. The maximum absolute atomic E-state index is 11.9. The highest BCUT2D eigenvalue weighted by atomic mass is 16.5. The van der Waals surface area contributed by atoms with Crippen molar-refractivity contribution in [1.82, 2.24) is 0 Å². The summed E-state index contributed by atoms with van der Waals surface area (Å²) in [4.78, 5) is 11.9. The number of nitrogens with two attached hydrogens (primary N) is 1. The average molecular weight is 264 g/mol. The highest BCUT2D eigenvalue weighted by Gasteiger charge is 2.12. The molecule has 0 radical (unpaired) electrons. The van der Waals surface area contributed by atoms with Crippen molar-refractivity contribution in [3.05, 3.63) is 24.3 Å². The van der Waals surface area contributed by atoms with Gasteiger partial charge in [0.05, 0.1) is 6.10 Å². The van der Waals surface area contributed by atoms with Gasteiger partial charge in [-0.15, -0.1) is 0 Å². The van der Waals surface area contributed by atoms with Crippen LogP contribution in [0.25, 0.3) is 0 Å². The van der Waals surface area contributed by atoms with Gasteiger partial charge >= 0.3 is 0 Å². The fourth-order valence-corrected chi connectivity index (χ4v) is 1.71. The molecule has 4 nitrogen and oxygen atoms in total. The van der Waals surface area contributed by atoms with Crippen LogP contribution in [-0.2, 0) is 4.79 Å². The summed E-state index contributed by atoms with van der Waals surface area (Å²) in [6, 6.07) is 7.43. The van der Waals surface area contributed by atoms with Crippen LogP contribution >= 0.6 is 0 Å².